The third kappa shape index (κ3) is 2.41. The average molecular weight is 297 g/mol. The van der Waals surface area contributed by atoms with Crippen LogP contribution in [0.2, 0.25) is 0 Å². The molecule has 1 aromatic carbocycles. The number of carbonyl (C=O) groups excluding carboxylic acids is 1. The highest BCUT2D eigenvalue weighted by atomic mass is 16.2. The van der Waals surface area contributed by atoms with Gasteiger partial charge in [0.2, 0.25) is 5.91 Å². The number of likely N-dealkylation sites (N-methyl/N-ethyl adjacent to an activating group) is 1. The van der Waals surface area contributed by atoms with Crippen LogP contribution in [0.4, 0.5) is 0 Å². The summed E-state index contributed by atoms with van der Waals surface area (Å²) in [5, 5.41) is 1.27. The number of hydrogen-bond donors (Lipinski definition) is 1. The Labute approximate surface area is 131 Å². The van der Waals surface area contributed by atoms with E-state index in [0.29, 0.717) is 12.6 Å². The minimum absolute atomic E-state index is 0.282. The molecule has 1 N–H and O–H groups in total. The quantitative estimate of drug-likeness (QED) is 0.942. The van der Waals surface area contributed by atoms with Crippen molar-refractivity contribution < 1.29 is 4.79 Å². The van der Waals surface area contributed by atoms with Crippen molar-refractivity contribution in [3.63, 3.8) is 0 Å². The van der Waals surface area contributed by atoms with Gasteiger partial charge in [-0.15, -0.1) is 0 Å². The van der Waals surface area contributed by atoms with Crippen molar-refractivity contribution in [2.75, 3.05) is 19.6 Å². The van der Waals surface area contributed by atoms with Gasteiger partial charge in [0, 0.05) is 47.7 Å². The predicted molar refractivity (Wildman–Crippen MR) is 87.7 cm³/mol. The van der Waals surface area contributed by atoms with E-state index in [1.54, 1.807) is 0 Å². The molecule has 0 saturated heterocycles. The lowest BCUT2D eigenvalue weighted by atomic mass is 10.0. The SMILES string of the molecule is CCN(CC(=O)N1CCc2[nH]c3ccccc3c2C1)C1CC1. The summed E-state index contributed by atoms with van der Waals surface area (Å²) in [6.45, 7) is 5.29. The lowest BCUT2D eigenvalue weighted by Gasteiger charge is -2.30. The predicted octanol–water partition coefficient (Wildman–Crippen LogP) is 2.54. The zero-order valence-electron chi connectivity index (χ0n) is 13.1. The summed E-state index contributed by atoms with van der Waals surface area (Å²) in [6.07, 6.45) is 3.45. The van der Waals surface area contributed by atoms with Crippen LogP contribution in [-0.2, 0) is 17.8 Å². The van der Waals surface area contributed by atoms with Gasteiger partial charge in [-0.1, -0.05) is 25.1 Å². The number of H-pyrrole nitrogens is 1. The molecule has 1 aromatic heterocycles. The molecule has 1 aliphatic heterocycles. The fourth-order valence-electron chi connectivity index (χ4n) is 3.59. The van der Waals surface area contributed by atoms with Gasteiger partial charge in [-0.2, -0.15) is 0 Å². The van der Waals surface area contributed by atoms with E-state index in [2.05, 4.69) is 41.1 Å². The van der Waals surface area contributed by atoms with Crippen LogP contribution >= 0.6 is 0 Å². The summed E-state index contributed by atoms with van der Waals surface area (Å²) in [7, 11) is 0. The summed E-state index contributed by atoms with van der Waals surface area (Å²) in [5.74, 6) is 0.282. The molecule has 4 rings (SSSR count). The fraction of sp³-hybridized carbons (Fsp3) is 0.500. The third-order valence-electron chi connectivity index (χ3n) is 5.04. The van der Waals surface area contributed by atoms with Gasteiger partial charge in [0.15, 0.2) is 0 Å². The van der Waals surface area contributed by atoms with Crippen molar-refractivity contribution in [2.45, 2.75) is 38.8 Å². The standard InChI is InChI=1S/C18H23N3O/c1-2-20(13-7-8-13)12-18(22)21-10-9-17-15(11-21)14-5-3-4-6-16(14)19-17/h3-6,13,19H,2,7-12H2,1H3. The molecule has 4 heteroatoms. The molecule has 1 fully saturated rings. The van der Waals surface area contributed by atoms with Crippen LogP contribution in [0.25, 0.3) is 10.9 Å². The highest BCUT2D eigenvalue weighted by molar-refractivity contribution is 5.86. The van der Waals surface area contributed by atoms with Crippen LogP contribution < -0.4 is 0 Å². The number of aromatic nitrogens is 1. The summed E-state index contributed by atoms with van der Waals surface area (Å²) in [6, 6.07) is 9.06. The van der Waals surface area contributed by atoms with Gasteiger partial charge in [0.05, 0.1) is 6.54 Å². The van der Waals surface area contributed by atoms with E-state index in [1.165, 1.54) is 35.0 Å². The van der Waals surface area contributed by atoms with Crippen LogP contribution in [0.15, 0.2) is 24.3 Å². The molecule has 1 aliphatic carbocycles. The lowest BCUT2D eigenvalue weighted by molar-refractivity contribution is -0.133. The highest BCUT2D eigenvalue weighted by Gasteiger charge is 2.31. The minimum Gasteiger partial charge on any atom is -0.358 e. The van der Waals surface area contributed by atoms with E-state index in [1.807, 2.05) is 4.90 Å². The van der Waals surface area contributed by atoms with E-state index >= 15 is 0 Å². The van der Waals surface area contributed by atoms with E-state index in [-0.39, 0.29) is 5.91 Å². The molecule has 22 heavy (non-hydrogen) atoms. The summed E-state index contributed by atoms with van der Waals surface area (Å²) in [5.41, 5.74) is 3.81. The Morgan fingerprint density at radius 1 is 1.36 bits per heavy atom. The van der Waals surface area contributed by atoms with Gasteiger partial charge >= 0.3 is 0 Å². The van der Waals surface area contributed by atoms with Gasteiger partial charge in [-0.05, 0) is 25.5 Å². The van der Waals surface area contributed by atoms with Crippen molar-refractivity contribution in [1.29, 1.82) is 0 Å². The highest BCUT2D eigenvalue weighted by Crippen LogP contribution is 2.29. The number of nitrogens with one attached hydrogen (secondary N) is 1. The number of aromatic amines is 1. The number of fused-ring (bicyclic) bond motifs is 3. The first-order chi connectivity index (χ1) is 10.8. The molecule has 1 saturated carbocycles. The number of nitrogens with zero attached hydrogens (tertiary/aromatic N) is 2. The maximum absolute atomic E-state index is 12.6. The first kappa shape index (κ1) is 13.8. The van der Waals surface area contributed by atoms with Gasteiger partial charge in [-0.3, -0.25) is 9.69 Å². The van der Waals surface area contributed by atoms with E-state index in [4.69, 9.17) is 0 Å². The Bertz CT molecular complexity index is 701. The molecule has 2 aromatic rings. The first-order valence-corrected chi connectivity index (χ1v) is 8.36. The van der Waals surface area contributed by atoms with Crippen LogP contribution in [-0.4, -0.2) is 46.4 Å². The van der Waals surface area contributed by atoms with Gasteiger partial charge in [0.25, 0.3) is 0 Å². The second-order valence-electron chi connectivity index (χ2n) is 6.49. The van der Waals surface area contributed by atoms with Gasteiger partial charge in [0.1, 0.15) is 0 Å². The topological polar surface area (TPSA) is 39.3 Å². The summed E-state index contributed by atoms with van der Waals surface area (Å²) >= 11 is 0. The van der Waals surface area contributed by atoms with Crippen molar-refractivity contribution >= 4 is 16.8 Å². The molecule has 0 radical (unpaired) electrons. The van der Waals surface area contributed by atoms with Crippen molar-refractivity contribution in [3.05, 3.63) is 35.5 Å². The summed E-state index contributed by atoms with van der Waals surface area (Å²) < 4.78 is 0. The maximum Gasteiger partial charge on any atom is 0.237 e. The van der Waals surface area contributed by atoms with Crippen LogP contribution in [0.1, 0.15) is 31.0 Å². The number of benzene rings is 1. The van der Waals surface area contributed by atoms with Gasteiger partial charge < -0.3 is 9.88 Å². The normalized spacial score (nSPS) is 18.0. The van der Waals surface area contributed by atoms with E-state index in [9.17, 15) is 4.79 Å². The molecule has 0 bridgehead atoms. The van der Waals surface area contributed by atoms with Gasteiger partial charge in [-0.25, -0.2) is 0 Å². The Morgan fingerprint density at radius 3 is 2.95 bits per heavy atom. The van der Waals surface area contributed by atoms with E-state index < -0.39 is 0 Å². The van der Waals surface area contributed by atoms with Crippen molar-refractivity contribution in [2.24, 2.45) is 0 Å². The molecule has 116 valence electrons. The monoisotopic (exact) mass is 297 g/mol. The molecule has 4 nitrogen and oxygen atoms in total. The Morgan fingerprint density at radius 2 is 2.18 bits per heavy atom. The maximum atomic E-state index is 12.6. The molecule has 0 unspecified atom stereocenters. The second-order valence-corrected chi connectivity index (χ2v) is 6.49. The van der Waals surface area contributed by atoms with Crippen molar-refractivity contribution in [3.8, 4) is 0 Å². The zero-order chi connectivity index (χ0) is 15.1. The number of hydrogen-bond acceptors (Lipinski definition) is 2. The largest absolute Gasteiger partial charge is 0.358 e. The first-order valence-electron chi connectivity index (χ1n) is 8.36. The molecular formula is C18H23N3O. The molecule has 2 aliphatic rings. The molecule has 0 atom stereocenters. The Kier molecular flexibility index (Phi) is 3.41. The fourth-order valence-corrected chi connectivity index (χ4v) is 3.59. The molecule has 2 heterocycles. The van der Waals surface area contributed by atoms with Crippen molar-refractivity contribution in [1.82, 2.24) is 14.8 Å². The minimum atomic E-state index is 0.282. The number of rotatable bonds is 4. The Hall–Kier alpha value is -1.81. The average Bonchev–Trinajstić information content (AvgIpc) is 3.32. The third-order valence-corrected chi connectivity index (χ3v) is 5.04. The molecule has 1 amide bonds. The second kappa shape index (κ2) is 5.43. The Balaban J connectivity index is 1.52. The van der Waals surface area contributed by atoms with Crippen LogP contribution in [0.5, 0.6) is 0 Å². The van der Waals surface area contributed by atoms with Crippen LogP contribution in [0.3, 0.4) is 0 Å². The lowest BCUT2D eigenvalue weighted by Crippen LogP contribution is -2.43. The zero-order valence-corrected chi connectivity index (χ0v) is 13.1. The number of para-hydroxylation sites is 1. The van der Waals surface area contributed by atoms with Crippen LogP contribution in [0, 0.1) is 0 Å². The number of carbonyl (C=O) groups is 1. The number of amides is 1. The summed E-state index contributed by atoms with van der Waals surface area (Å²) in [4.78, 5) is 20.5. The smallest absolute Gasteiger partial charge is 0.237 e. The molecule has 0 spiro atoms. The van der Waals surface area contributed by atoms with E-state index in [0.717, 1.165) is 26.1 Å². The molecular weight excluding hydrogens is 274 g/mol.